The summed E-state index contributed by atoms with van der Waals surface area (Å²) in [5.41, 5.74) is 1.80. The molecule has 3 aliphatic rings. The van der Waals surface area contributed by atoms with Crippen molar-refractivity contribution in [2.75, 3.05) is 13.2 Å². The number of hydrogen-bond donors (Lipinski definition) is 0. The van der Waals surface area contributed by atoms with Gasteiger partial charge in [0.25, 0.3) is 0 Å². The molecular formula is C25H31NO5. The highest BCUT2D eigenvalue weighted by Crippen LogP contribution is 2.38. The van der Waals surface area contributed by atoms with Gasteiger partial charge in [0.1, 0.15) is 0 Å². The molecule has 166 valence electrons. The molecule has 2 amide bonds. The van der Waals surface area contributed by atoms with Gasteiger partial charge in [-0.3, -0.25) is 24.1 Å². The van der Waals surface area contributed by atoms with Crippen molar-refractivity contribution >= 4 is 23.6 Å². The summed E-state index contributed by atoms with van der Waals surface area (Å²) in [5.74, 6) is -0.972. The Morgan fingerprint density at radius 3 is 2.03 bits per heavy atom. The highest BCUT2D eigenvalue weighted by Gasteiger charge is 2.47. The molecule has 0 unspecified atom stereocenters. The van der Waals surface area contributed by atoms with Crippen LogP contribution in [0, 0.1) is 11.8 Å². The molecule has 1 saturated heterocycles. The van der Waals surface area contributed by atoms with Crippen molar-refractivity contribution in [2.24, 2.45) is 11.8 Å². The van der Waals surface area contributed by atoms with Crippen LogP contribution >= 0.6 is 0 Å². The van der Waals surface area contributed by atoms with Crippen LogP contribution in [0.25, 0.3) is 0 Å². The minimum Gasteiger partial charge on any atom is -0.457 e. The second-order valence-corrected chi connectivity index (χ2v) is 9.12. The third kappa shape index (κ3) is 4.89. The van der Waals surface area contributed by atoms with Gasteiger partial charge in [0.15, 0.2) is 12.4 Å². The molecule has 2 saturated carbocycles. The van der Waals surface area contributed by atoms with Gasteiger partial charge in [0.2, 0.25) is 11.8 Å². The molecule has 1 aromatic rings. The lowest BCUT2D eigenvalue weighted by Gasteiger charge is -2.22. The Bertz CT molecular complexity index is 816. The minimum atomic E-state index is -0.567. The number of ketones is 1. The number of Topliss-reactive ketones (excluding diaryl/α,β-unsaturated/α-hetero) is 1. The average Bonchev–Trinajstić information content (AvgIpc) is 3.06. The number of fused-ring (bicyclic) bond motifs is 1. The van der Waals surface area contributed by atoms with Crippen LogP contribution in [0.5, 0.6) is 0 Å². The van der Waals surface area contributed by atoms with E-state index >= 15 is 0 Å². The highest BCUT2D eigenvalue weighted by atomic mass is 16.5. The molecule has 0 N–H and O–H groups in total. The van der Waals surface area contributed by atoms with Gasteiger partial charge in [0, 0.05) is 12.1 Å². The maximum absolute atomic E-state index is 12.5. The van der Waals surface area contributed by atoms with Crippen LogP contribution in [0.3, 0.4) is 0 Å². The second kappa shape index (κ2) is 9.75. The Morgan fingerprint density at radius 1 is 0.839 bits per heavy atom. The monoisotopic (exact) mass is 425 g/mol. The van der Waals surface area contributed by atoms with Crippen molar-refractivity contribution < 1.29 is 23.9 Å². The number of imide groups is 1. The van der Waals surface area contributed by atoms with Crippen molar-refractivity contribution in [3.8, 4) is 0 Å². The van der Waals surface area contributed by atoms with Crippen LogP contribution in [-0.2, 0) is 19.1 Å². The normalized spacial score (nSPS) is 24.2. The molecular weight excluding hydrogens is 394 g/mol. The number of benzene rings is 1. The Morgan fingerprint density at radius 2 is 1.42 bits per heavy atom. The van der Waals surface area contributed by atoms with Crippen LogP contribution in [0.4, 0.5) is 0 Å². The molecule has 1 heterocycles. The summed E-state index contributed by atoms with van der Waals surface area (Å²) < 4.78 is 5.12. The first-order valence-corrected chi connectivity index (χ1v) is 11.7. The van der Waals surface area contributed by atoms with Crippen molar-refractivity contribution in [1.29, 1.82) is 0 Å². The van der Waals surface area contributed by atoms with E-state index in [1.807, 2.05) is 24.3 Å². The second-order valence-electron chi connectivity index (χ2n) is 9.12. The highest BCUT2D eigenvalue weighted by molar-refractivity contribution is 6.05. The largest absolute Gasteiger partial charge is 0.457 e. The van der Waals surface area contributed by atoms with E-state index < -0.39 is 5.97 Å². The molecule has 1 aliphatic heterocycles. The molecule has 31 heavy (non-hydrogen) atoms. The number of rotatable bonds is 7. The number of ether oxygens (including phenoxy) is 1. The predicted octanol–water partition coefficient (Wildman–Crippen LogP) is 4.03. The number of hydrogen-bond acceptors (Lipinski definition) is 5. The first-order chi connectivity index (χ1) is 15.0. The van der Waals surface area contributed by atoms with E-state index in [9.17, 15) is 19.2 Å². The van der Waals surface area contributed by atoms with E-state index in [4.69, 9.17) is 4.74 Å². The zero-order chi connectivity index (χ0) is 21.8. The lowest BCUT2D eigenvalue weighted by molar-refractivity contribution is -0.145. The smallest absolute Gasteiger partial charge is 0.308 e. The summed E-state index contributed by atoms with van der Waals surface area (Å²) in [7, 11) is 0. The van der Waals surface area contributed by atoms with Crippen LogP contribution in [0.2, 0.25) is 0 Å². The zero-order valence-electron chi connectivity index (χ0n) is 18.0. The number of likely N-dealkylation sites (tertiary alicyclic amines) is 1. The molecule has 2 aliphatic carbocycles. The fourth-order valence-electron chi connectivity index (χ4n) is 5.33. The molecule has 1 aromatic carbocycles. The molecule has 3 fully saturated rings. The summed E-state index contributed by atoms with van der Waals surface area (Å²) in [5, 5.41) is 0. The topological polar surface area (TPSA) is 80.8 Å². The van der Waals surface area contributed by atoms with Crippen molar-refractivity contribution in [3.63, 3.8) is 0 Å². The van der Waals surface area contributed by atoms with Crippen molar-refractivity contribution in [2.45, 2.75) is 70.1 Å². The van der Waals surface area contributed by atoms with E-state index in [0.717, 1.165) is 25.7 Å². The number of esters is 1. The van der Waals surface area contributed by atoms with E-state index in [1.165, 1.54) is 42.6 Å². The van der Waals surface area contributed by atoms with Gasteiger partial charge >= 0.3 is 5.97 Å². The third-order valence-electron chi connectivity index (χ3n) is 7.15. The summed E-state index contributed by atoms with van der Waals surface area (Å²) in [6.45, 7) is -0.289. The summed E-state index contributed by atoms with van der Waals surface area (Å²) in [4.78, 5) is 50.6. The zero-order valence-corrected chi connectivity index (χ0v) is 18.0. The van der Waals surface area contributed by atoms with Gasteiger partial charge in [-0.15, -0.1) is 0 Å². The summed E-state index contributed by atoms with van der Waals surface area (Å²) in [6, 6.07) is 7.64. The molecule has 4 rings (SSSR count). The lowest BCUT2D eigenvalue weighted by atomic mass is 9.81. The van der Waals surface area contributed by atoms with E-state index in [2.05, 4.69) is 0 Å². The molecule has 6 nitrogen and oxygen atoms in total. The van der Waals surface area contributed by atoms with Gasteiger partial charge in [-0.25, -0.2) is 0 Å². The van der Waals surface area contributed by atoms with E-state index in [1.54, 1.807) is 0 Å². The molecule has 0 bridgehead atoms. The quantitative estimate of drug-likeness (QED) is 0.374. The number of amides is 2. The van der Waals surface area contributed by atoms with Gasteiger partial charge < -0.3 is 4.74 Å². The summed E-state index contributed by atoms with van der Waals surface area (Å²) in [6.07, 6.45) is 9.61. The first-order valence-electron chi connectivity index (χ1n) is 11.7. The Balaban J connectivity index is 1.23. The minimum absolute atomic E-state index is 0.0355. The SMILES string of the molecule is O=C(CCN1C(=O)[C@@H]2CCCC[C@H]2C1=O)OCC(=O)c1ccc(C2CCCCC2)cc1. The van der Waals surface area contributed by atoms with Crippen LogP contribution in [0.1, 0.15) is 86.0 Å². The molecule has 0 spiro atoms. The lowest BCUT2D eigenvalue weighted by Crippen LogP contribution is -2.33. The molecule has 2 atom stereocenters. The van der Waals surface area contributed by atoms with Crippen molar-refractivity contribution in [1.82, 2.24) is 4.90 Å². The van der Waals surface area contributed by atoms with Gasteiger partial charge in [-0.2, -0.15) is 0 Å². The first kappa shape index (κ1) is 21.7. The molecule has 6 heteroatoms. The number of carbonyl (C=O) groups is 4. The van der Waals surface area contributed by atoms with E-state index in [-0.39, 0.29) is 49.0 Å². The Labute approximate surface area is 183 Å². The van der Waals surface area contributed by atoms with Crippen molar-refractivity contribution in [3.05, 3.63) is 35.4 Å². The number of carbonyl (C=O) groups excluding carboxylic acids is 4. The van der Waals surface area contributed by atoms with Crippen LogP contribution in [0.15, 0.2) is 24.3 Å². The van der Waals surface area contributed by atoms with Gasteiger partial charge in [-0.1, -0.05) is 56.4 Å². The Kier molecular flexibility index (Phi) is 6.83. The maximum Gasteiger partial charge on any atom is 0.308 e. The fourth-order valence-corrected chi connectivity index (χ4v) is 5.33. The van der Waals surface area contributed by atoms with Crippen LogP contribution in [-0.4, -0.2) is 41.6 Å². The standard InChI is InChI=1S/C25H31NO5/c27-22(19-12-10-18(11-13-19)17-6-2-1-3-7-17)16-31-23(28)14-15-26-24(29)20-8-4-5-9-21(20)25(26)30/h10-13,17,20-21H,1-9,14-16H2/t20-,21-/m1/s1. The molecule has 0 radical (unpaired) electrons. The average molecular weight is 426 g/mol. The molecule has 0 aromatic heterocycles. The van der Waals surface area contributed by atoms with E-state index in [0.29, 0.717) is 11.5 Å². The predicted molar refractivity (Wildman–Crippen MR) is 114 cm³/mol. The number of nitrogens with zero attached hydrogens (tertiary/aromatic N) is 1. The Hall–Kier alpha value is -2.50. The summed E-state index contributed by atoms with van der Waals surface area (Å²) >= 11 is 0. The third-order valence-corrected chi connectivity index (χ3v) is 7.15. The van der Waals surface area contributed by atoms with Crippen LogP contribution < -0.4 is 0 Å². The van der Waals surface area contributed by atoms with Gasteiger partial charge in [-0.05, 0) is 37.2 Å². The maximum atomic E-state index is 12.5. The fraction of sp³-hybridized carbons (Fsp3) is 0.600. The van der Waals surface area contributed by atoms with Gasteiger partial charge in [0.05, 0.1) is 18.3 Å².